The lowest BCUT2D eigenvalue weighted by atomic mass is 10.0. The first-order valence-corrected chi connectivity index (χ1v) is 11.2. The van der Waals surface area contributed by atoms with Gasteiger partial charge in [-0.1, -0.05) is 17.7 Å². The second-order valence-electron chi connectivity index (χ2n) is 8.71. The van der Waals surface area contributed by atoms with Crippen molar-refractivity contribution in [3.8, 4) is 22.9 Å². The summed E-state index contributed by atoms with van der Waals surface area (Å²) in [6.07, 6.45) is 3.62. The Morgan fingerprint density at radius 1 is 0.938 bits per heavy atom. The Morgan fingerprint density at radius 3 is 2.28 bits per heavy atom. The maximum Gasteiger partial charge on any atom is 0.253 e. The van der Waals surface area contributed by atoms with Gasteiger partial charge in [0.25, 0.3) is 5.91 Å². The van der Waals surface area contributed by atoms with Crippen LogP contribution >= 0.6 is 0 Å². The highest BCUT2D eigenvalue weighted by molar-refractivity contribution is 5.94. The number of piperidine rings is 1. The Morgan fingerprint density at radius 2 is 1.62 bits per heavy atom. The number of benzene rings is 2. The van der Waals surface area contributed by atoms with E-state index in [0.29, 0.717) is 30.4 Å². The van der Waals surface area contributed by atoms with Crippen molar-refractivity contribution in [2.45, 2.75) is 38.6 Å². The van der Waals surface area contributed by atoms with Crippen LogP contribution in [0.15, 0.2) is 52.9 Å². The summed E-state index contributed by atoms with van der Waals surface area (Å²) in [7, 11) is 0. The molecular formula is C25H26N4O3. The molecule has 2 fully saturated rings. The first-order chi connectivity index (χ1) is 15.6. The van der Waals surface area contributed by atoms with Crippen molar-refractivity contribution in [1.29, 1.82) is 0 Å². The third-order valence-electron chi connectivity index (χ3n) is 6.15. The van der Waals surface area contributed by atoms with Crippen molar-refractivity contribution in [1.82, 2.24) is 20.4 Å². The van der Waals surface area contributed by atoms with E-state index < -0.39 is 0 Å². The van der Waals surface area contributed by atoms with Crippen LogP contribution in [0.2, 0.25) is 0 Å². The molecular weight excluding hydrogens is 404 g/mol. The van der Waals surface area contributed by atoms with Gasteiger partial charge in [0.2, 0.25) is 17.7 Å². The van der Waals surface area contributed by atoms with Gasteiger partial charge < -0.3 is 14.6 Å². The summed E-state index contributed by atoms with van der Waals surface area (Å²) in [5.74, 6) is 1.31. The predicted molar refractivity (Wildman–Crippen MR) is 120 cm³/mol. The minimum atomic E-state index is 0.00879. The molecule has 1 aliphatic heterocycles. The monoisotopic (exact) mass is 430 g/mol. The summed E-state index contributed by atoms with van der Waals surface area (Å²) in [5.41, 5.74) is 3.41. The molecule has 2 aromatic carbocycles. The molecule has 2 amide bonds. The van der Waals surface area contributed by atoms with Gasteiger partial charge in [-0.3, -0.25) is 9.59 Å². The third-order valence-corrected chi connectivity index (χ3v) is 6.15. The summed E-state index contributed by atoms with van der Waals surface area (Å²) < 4.78 is 5.84. The summed E-state index contributed by atoms with van der Waals surface area (Å²) in [4.78, 5) is 26.7. The minimum Gasteiger partial charge on any atom is -0.416 e. The Kier molecular flexibility index (Phi) is 5.47. The maximum absolute atomic E-state index is 12.9. The molecule has 0 radical (unpaired) electrons. The zero-order valence-corrected chi connectivity index (χ0v) is 18.1. The Bertz CT molecular complexity index is 1130. The van der Waals surface area contributed by atoms with E-state index in [9.17, 15) is 9.59 Å². The van der Waals surface area contributed by atoms with Gasteiger partial charge >= 0.3 is 0 Å². The van der Waals surface area contributed by atoms with Gasteiger partial charge in [-0.25, -0.2) is 0 Å². The number of carbonyl (C=O) groups excluding carboxylic acids is 2. The van der Waals surface area contributed by atoms with Crippen LogP contribution in [-0.2, 0) is 4.79 Å². The summed E-state index contributed by atoms with van der Waals surface area (Å²) in [6.45, 7) is 3.32. The highest BCUT2D eigenvalue weighted by Crippen LogP contribution is 2.29. The van der Waals surface area contributed by atoms with E-state index in [2.05, 4.69) is 15.5 Å². The molecule has 1 saturated heterocycles. The second-order valence-corrected chi connectivity index (χ2v) is 8.71. The molecule has 7 nitrogen and oxygen atoms in total. The average Bonchev–Trinajstić information content (AvgIpc) is 3.56. The van der Waals surface area contributed by atoms with Crippen LogP contribution in [0.25, 0.3) is 22.9 Å². The van der Waals surface area contributed by atoms with E-state index in [-0.39, 0.29) is 23.8 Å². The molecule has 32 heavy (non-hydrogen) atoms. The molecule has 2 heterocycles. The number of nitrogens with one attached hydrogen (secondary N) is 1. The standard InChI is InChI=1S/C25H26N4O3/c1-16-3-2-4-20(15-16)24-28-27-23(32-24)18-7-9-19(10-8-18)25(31)29-13-11-21(12-14-29)26-22(30)17-5-6-17/h2-4,7-10,15,17,21H,5-6,11-14H2,1H3,(H,26,30). The number of carbonyl (C=O) groups is 2. The first kappa shape index (κ1) is 20.4. The van der Waals surface area contributed by atoms with Crippen molar-refractivity contribution in [2.75, 3.05) is 13.1 Å². The van der Waals surface area contributed by atoms with E-state index >= 15 is 0 Å². The topological polar surface area (TPSA) is 88.3 Å². The van der Waals surface area contributed by atoms with Crippen LogP contribution in [0.4, 0.5) is 0 Å². The van der Waals surface area contributed by atoms with Gasteiger partial charge in [0.1, 0.15) is 0 Å². The second kappa shape index (κ2) is 8.57. The first-order valence-electron chi connectivity index (χ1n) is 11.2. The van der Waals surface area contributed by atoms with Crippen molar-refractivity contribution in [2.24, 2.45) is 5.92 Å². The molecule has 3 aromatic rings. The number of amides is 2. The van der Waals surface area contributed by atoms with Crippen LogP contribution in [0, 0.1) is 12.8 Å². The van der Waals surface area contributed by atoms with E-state index in [1.165, 1.54) is 0 Å². The molecule has 5 rings (SSSR count). The summed E-state index contributed by atoms with van der Waals surface area (Å²) in [5, 5.41) is 11.4. The summed E-state index contributed by atoms with van der Waals surface area (Å²) in [6, 6.07) is 15.4. The minimum absolute atomic E-state index is 0.00879. The quantitative estimate of drug-likeness (QED) is 0.664. The fourth-order valence-corrected chi connectivity index (χ4v) is 4.06. The average molecular weight is 431 g/mol. The smallest absolute Gasteiger partial charge is 0.253 e. The lowest BCUT2D eigenvalue weighted by Gasteiger charge is -2.32. The van der Waals surface area contributed by atoms with Gasteiger partial charge in [-0.15, -0.1) is 10.2 Å². The molecule has 1 aliphatic carbocycles. The number of aromatic nitrogens is 2. The number of hydrogen-bond acceptors (Lipinski definition) is 5. The number of rotatable bonds is 5. The molecule has 0 bridgehead atoms. The maximum atomic E-state index is 12.9. The normalized spacial score (nSPS) is 16.7. The van der Waals surface area contributed by atoms with Gasteiger partial charge in [0.05, 0.1) is 0 Å². The number of hydrogen-bond donors (Lipinski definition) is 1. The van der Waals surface area contributed by atoms with Crippen molar-refractivity contribution in [3.05, 3.63) is 59.7 Å². The zero-order chi connectivity index (χ0) is 22.1. The largest absolute Gasteiger partial charge is 0.416 e. The van der Waals surface area contributed by atoms with E-state index in [1.54, 1.807) is 12.1 Å². The Labute approximate surface area is 186 Å². The van der Waals surface area contributed by atoms with Crippen LogP contribution in [-0.4, -0.2) is 46.0 Å². The molecule has 164 valence electrons. The van der Waals surface area contributed by atoms with Crippen LogP contribution in [0.1, 0.15) is 41.6 Å². The van der Waals surface area contributed by atoms with Crippen molar-refractivity contribution in [3.63, 3.8) is 0 Å². The fraction of sp³-hybridized carbons (Fsp3) is 0.360. The van der Waals surface area contributed by atoms with Gasteiger partial charge in [-0.05, 0) is 69.0 Å². The Hall–Kier alpha value is -3.48. The molecule has 1 N–H and O–H groups in total. The highest BCUT2D eigenvalue weighted by Gasteiger charge is 2.32. The molecule has 1 aromatic heterocycles. The number of nitrogens with zero attached hydrogens (tertiary/aromatic N) is 3. The van der Waals surface area contributed by atoms with Crippen LogP contribution in [0.3, 0.4) is 0 Å². The van der Waals surface area contributed by atoms with Crippen molar-refractivity contribution >= 4 is 11.8 Å². The zero-order valence-electron chi connectivity index (χ0n) is 18.1. The number of aryl methyl sites for hydroxylation is 1. The SMILES string of the molecule is Cc1cccc(-c2nnc(-c3ccc(C(=O)N4CCC(NC(=O)C5CC5)CC4)cc3)o2)c1. The van der Waals surface area contributed by atoms with E-state index in [0.717, 1.165) is 42.4 Å². The lowest BCUT2D eigenvalue weighted by Crippen LogP contribution is -2.46. The highest BCUT2D eigenvalue weighted by atomic mass is 16.4. The van der Waals surface area contributed by atoms with Gasteiger partial charge in [0.15, 0.2) is 0 Å². The molecule has 0 atom stereocenters. The molecule has 0 spiro atoms. The fourth-order valence-electron chi connectivity index (χ4n) is 4.06. The molecule has 2 aliphatic rings. The number of likely N-dealkylation sites (tertiary alicyclic amines) is 1. The molecule has 0 unspecified atom stereocenters. The predicted octanol–water partition coefficient (Wildman–Crippen LogP) is 3.84. The lowest BCUT2D eigenvalue weighted by molar-refractivity contribution is -0.123. The van der Waals surface area contributed by atoms with E-state index in [4.69, 9.17) is 4.42 Å². The van der Waals surface area contributed by atoms with Crippen molar-refractivity contribution < 1.29 is 14.0 Å². The molecule has 1 saturated carbocycles. The van der Waals surface area contributed by atoms with E-state index in [1.807, 2.05) is 48.2 Å². The van der Waals surface area contributed by atoms with Gasteiger partial charge in [0, 0.05) is 41.7 Å². The van der Waals surface area contributed by atoms with Crippen LogP contribution < -0.4 is 5.32 Å². The third kappa shape index (κ3) is 4.42. The van der Waals surface area contributed by atoms with Gasteiger partial charge in [-0.2, -0.15) is 0 Å². The molecule has 7 heteroatoms. The summed E-state index contributed by atoms with van der Waals surface area (Å²) >= 11 is 0. The Balaban J connectivity index is 1.20. The van der Waals surface area contributed by atoms with Crippen LogP contribution in [0.5, 0.6) is 0 Å².